The van der Waals surface area contributed by atoms with Gasteiger partial charge in [-0.1, -0.05) is 21.6 Å². The zero-order chi connectivity index (χ0) is 17.1. The van der Waals surface area contributed by atoms with Crippen LogP contribution in [0.25, 0.3) is 0 Å². The minimum atomic E-state index is -0.640. The summed E-state index contributed by atoms with van der Waals surface area (Å²) in [7, 11) is 5.67. The second kappa shape index (κ2) is 11.2. The van der Waals surface area contributed by atoms with Crippen LogP contribution in [-0.4, -0.2) is 61.3 Å². The third-order valence-corrected chi connectivity index (χ3v) is 4.86. The highest BCUT2D eigenvalue weighted by Gasteiger charge is 2.21. The van der Waals surface area contributed by atoms with Crippen LogP contribution in [0.3, 0.4) is 0 Å². The number of carbonyl (C=O) groups is 4. The van der Waals surface area contributed by atoms with Crippen LogP contribution in [0.1, 0.15) is 13.8 Å². The summed E-state index contributed by atoms with van der Waals surface area (Å²) in [6.45, 7) is 2.68. The van der Waals surface area contributed by atoms with Crippen LogP contribution in [0.15, 0.2) is 0 Å². The van der Waals surface area contributed by atoms with E-state index in [0.29, 0.717) is 11.5 Å². The molecule has 22 heavy (non-hydrogen) atoms. The van der Waals surface area contributed by atoms with Crippen LogP contribution in [-0.2, 0) is 19.2 Å². The van der Waals surface area contributed by atoms with Crippen molar-refractivity contribution in [1.82, 2.24) is 21.3 Å². The molecule has 4 N–H and O–H groups in total. The van der Waals surface area contributed by atoms with Crippen LogP contribution in [0.5, 0.6) is 0 Å². The lowest BCUT2D eigenvalue weighted by atomic mass is 10.3. The minimum absolute atomic E-state index is 0.284. The number of nitrogens with one attached hydrogen (secondary N) is 4. The predicted molar refractivity (Wildman–Crippen MR) is 88.3 cm³/mol. The van der Waals surface area contributed by atoms with Crippen LogP contribution >= 0.6 is 21.6 Å². The van der Waals surface area contributed by atoms with Gasteiger partial charge in [0.05, 0.1) is 0 Å². The maximum absolute atomic E-state index is 11.6. The molecule has 0 spiro atoms. The SMILES string of the molecule is CNC(=O)[C@@H](CSSC[C@@H](NC(C)=O)C(=O)NC)NC(C)=O. The minimum Gasteiger partial charge on any atom is -0.357 e. The lowest BCUT2D eigenvalue weighted by Crippen LogP contribution is -2.47. The second-order valence-corrected chi connectivity index (χ2v) is 6.86. The van der Waals surface area contributed by atoms with E-state index in [4.69, 9.17) is 0 Å². The predicted octanol–water partition coefficient (Wildman–Crippen LogP) is -1.13. The average molecular weight is 350 g/mol. The van der Waals surface area contributed by atoms with E-state index < -0.39 is 12.1 Å². The van der Waals surface area contributed by atoms with Gasteiger partial charge in [0.1, 0.15) is 12.1 Å². The highest BCUT2D eigenvalue weighted by Crippen LogP contribution is 2.23. The third-order valence-electron chi connectivity index (χ3n) is 2.43. The van der Waals surface area contributed by atoms with Gasteiger partial charge in [-0.05, 0) is 0 Å². The molecule has 0 fully saturated rings. The highest BCUT2D eigenvalue weighted by atomic mass is 33.1. The molecule has 8 nitrogen and oxygen atoms in total. The molecule has 0 aromatic carbocycles. The first-order valence-corrected chi connectivity index (χ1v) is 9.02. The Hall–Kier alpha value is -1.42. The maximum atomic E-state index is 11.6. The van der Waals surface area contributed by atoms with Crippen LogP contribution in [0, 0.1) is 0 Å². The van der Waals surface area contributed by atoms with Gasteiger partial charge in [-0.15, -0.1) is 0 Å². The number of hydrogen-bond donors (Lipinski definition) is 4. The standard InChI is InChI=1S/C12H22N4O4S2/c1-7(17)15-9(11(19)13-3)5-21-22-6-10(12(20)14-4)16-8(2)18/h9-10H,5-6H2,1-4H3,(H,13,19)(H,14,20)(H,15,17)(H,16,18)/t9-,10-/m1/s1. The summed E-state index contributed by atoms with van der Waals surface area (Å²) in [5.41, 5.74) is 0. The fourth-order valence-corrected chi connectivity index (χ4v) is 3.77. The Morgan fingerprint density at radius 3 is 1.32 bits per heavy atom. The normalized spacial score (nSPS) is 12.7. The fourth-order valence-electron chi connectivity index (χ4n) is 1.44. The van der Waals surface area contributed by atoms with Gasteiger partial charge < -0.3 is 21.3 Å². The number of amides is 4. The largest absolute Gasteiger partial charge is 0.357 e. The van der Waals surface area contributed by atoms with Crippen molar-refractivity contribution >= 4 is 45.2 Å². The van der Waals surface area contributed by atoms with E-state index >= 15 is 0 Å². The van der Waals surface area contributed by atoms with Gasteiger partial charge in [-0.3, -0.25) is 19.2 Å². The Morgan fingerprint density at radius 1 is 0.773 bits per heavy atom. The molecule has 0 aromatic rings. The Labute approximate surface area is 137 Å². The molecule has 0 aromatic heterocycles. The monoisotopic (exact) mass is 350 g/mol. The Kier molecular flexibility index (Phi) is 10.5. The first-order valence-electron chi connectivity index (χ1n) is 6.53. The van der Waals surface area contributed by atoms with Crippen LogP contribution in [0.4, 0.5) is 0 Å². The van der Waals surface area contributed by atoms with Crippen LogP contribution < -0.4 is 21.3 Å². The summed E-state index contributed by atoms with van der Waals surface area (Å²) in [5.74, 6) is -0.447. The molecule has 0 rings (SSSR count). The van der Waals surface area contributed by atoms with Gasteiger partial charge in [0.2, 0.25) is 23.6 Å². The van der Waals surface area contributed by atoms with Crippen molar-refractivity contribution in [2.24, 2.45) is 0 Å². The molecule has 0 aliphatic rings. The topological polar surface area (TPSA) is 116 Å². The zero-order valence-corrected chi connectivity index (χ0v) is 14.7. The molecule has 0 saturated carbocycles. The number of rotatable bonds is 9. The highest BCUT2D eigenvalue weighted by molar-refractivity contribution is 8.76. The number of carbonyl (C=O) groups excluding carboxylic acids is 4. The smallest absolute Gasteiger partial charge is 0.243 e. The van der Waals surface area contributed by atoms with Gasteiger partial charge in [0.25, 0.3) is 0 Å². The fraction of sp³-hybridized carbons (Fsp3) is 0.667. The lowest BCUT2D eigenvalue weighted by Gasteiger charge is -2.17. The summed E-state index contributed by atoms with van der Waals surface area (Å²) in [6, 6.07) is -1.28. The van der Waals surface area contributed by atoms with E-state index in [1.165, 1.54) is 49.5 Å². The Morgan fingerprint density at radius 2 is 1.09 bits per heavy atom. The van der Waals surface area contributed by atoms with Crippen molar-refractivity contribution in [3.05, 3.63) is 0 Å². The first kappa shape index (κ1) is 20.6. The lowest BCUT2D eigenvalue weighted by molar-refractivity contribution is -0.127. The maximum Gasteiger partial charge on any atom is 0.243 e. The van der Waals surface area contributed by atoms with Crippen molar-refractivity contribution in [1.29, 1.82) is 0 Å². The molecule has 0 radical (unpaired) electrons. The average Bonchev–Trinajstić information content (AvgIpc) is 2.46. The summed E-state index contributed by atoms with van der Waals surface area (Å²) in [4.78, 5) is 45.3. The molecule has 0 saturated heterocycles. The number of hydrogen-bond acceptors (Lipinski definition) is 6. The van der Waals surface area contributed by atoms with Crippen LogP contribution in [0.2, 0.25) is 0 Å². The molecular formula is C12H22N4O4S2. The van der Waals surface area contributed by atoms with Crippen molar-refractivity contribution in [3.63, 3.8) is 0 Å². The van der Waals surface area contributed by atoms with Gasteiger partial charge in [0, 0.05) is 39.4 Å². The van der Waals surface area contributed by atoms with Gasteiger partial charge in [-0.2, -0.15) is 0 Å². The molecule has 0 aliphatic heterocycles. The summed E-state index contributed by atoms with van der Waals surface area (Å²) in [6.07, 6.45) is 0. The Balaban J connectivity index is 4.33. The zero-order valence-electron chi connectivity index (χ0n) is 13.0. The van der Waals surface area contributed by atoms with Crippen molar-refractivity contribution in [2.75, 3.05) is 25.6 Å². The van der Waals surface area contributed by atoms with E-state index in [0.717, 1.165) is 0 Å². The molecular weight excluding hydrogens is 328 g/mol. The molecule has 0 bridgehead atoms. The van der Waals surface area contributed by atoms with Crippen molar-refractivity contribution < 1.29 is 19.2 Å². The second-order valence-electron chi connectivity index (χ2n) is 4.30. The van der Waals surface area contributed by atoms with Crippen molar-refractivity contribution in [3.8, 4) is 0 Å². The Bertz CT molecular complexity index is 382. The number of likely N-dealkylation sites (N-methyl/N-ethyl adjacent to an activating group) is 2. The summed E-state index contributed by atoms with van der Waals surface area (Å²) >= 11 is 0. The summed E-state index contributed by atoms with van der Waals surface area (Å²) < 4.78 is 0. The van der Waals surface area contributed by atoms with E-state index in [1.54, 1.807) is 0 Å². The molecule has 2 atom stereocenters. The third kappa shape index (κ3) is 8.78. The van der Waals surface area contributed by atoms with Crippen molar-refractivity contribution in [2.45, 2.75) is 25.9 Å². The molecule has 0 heterocycles. The van der Waals surface area contributed by atoms with E-state index in [9.17, 15) is 19.2 Å². The van der Waals surface area contributed by atoms with Gasteiger partial charge in [-0.25, -0.2) is 0 Å². The van der Waals surface area contributed by atoms with Gasteiger partial charge >= 0.3 is 0 Å². The van der Waals surface area contributed by atoms with Gasteiger partial charge in [0.15, 0.2) is 0 Å². The molecule has 0 unspecified atom stereocenters. The molecule has 126 valence electrons. The quantitative estimate of drug-likeness (QED) is 0.309. The van der Waals surface area contributed by atoms with E-state index in [2.05, 4.69) is 21.3 Å². The first-order chi connectivity index (χ1) is 10.3. The molecule has 10 heteroatoms. The van der Waals surface area contributed by atoms with E-state index in [1.807, 2.05) is 0 Å². The van der Waals surface area contributed by atoms with E-state index in [-0.39, 0.29) is 23.6 Å². The molecule has 0 aliphatic carbocycles. The molecule has 4 amide bonds. The summed E-state index contributed by atoms with van der Waals surface area (Å²) in [5, 5.41) is 10.1.